The third-order valence-electron chi connectivity index (χ3n) is 20.2. The van der Waals surface area contributed by atoms with E-state index in [1.807, 2.05) is 140 Å². The minimum atomic E-state index is 0.808. The number of para-hydroxylation sites is 1. The van der Waals surface area contributed by atoms with Crippen molar-refractivity contribution in [3.05, 3.63) is 279 Å². The fraction of sp³-hybridized carbons (Fsp3) is 0.0779. The number of oxazole rings is 1. The Morgan fingerprint density at radius 1 is 0.392 bits per heavy atom. The number of hydrogen-bond acceptors (Lipinski definition) is 12. The van der Waals surface area contributed by atoms with Crippen LogP contribution < -0.4 is 22.2 Å². The molecule has 0 atom stereocenters. The zero-order valence-electron chi connectivity index (χ0n) is 54.3. The summed E-state index contributed by atoms with van der Waals surface area (Å²) in [5.74, 6) is 4.27. The molecule has 0 N–H and O–H groups in total. The van der Waals surface area contributed by atoms with Crippen LogP contribution in [-0.4, -0.2) is 86.0 Å². The molecule has 102 heavy (non-hydrogen) atoms. The van der Waals surface area contributed by atoms with Crippen LogP contribution in [0.4, 0.5) is 0 Å². The van der Waals surface area contributed by atoms with E-state index in [-0.39, 0.29) is 0 Å². The fourth-order valence-corrected chi connectivity index (χ4v) is 16.8. The van der Waals surface area contributed by atoms with Gasteiger partial charge in [0, 0.05) is 89.7 Å². The summed E-state index contributed by atoms with van der Waals surface area (Å²) in [5.41, 5.74) is 27.4. The van der Waals surface area contributed by atoms with E-state index in [0.29, 0.717) is 0 Å². The number of thiazole rings is 1. The third-order valence-corrected chi connectivity index (χ3v) is 21.4. The van der Waals surface area contributed by atoms with Gasteiger partial charge in [-0.3, -0.25) is 49.8 Å². The van der Waals surface area contributed by atoms with E-state index in [0.717, 1.165) is 129 Å². The van der Waals surface area contributed by atoms with E-state index in [9.17, 15) is 0 Å². The zero-order chi connectivity index (χ0) is 66.8. The Kier molecular flexibility index (Phi) is 11.9. The number of nitrogens with zero attached hydrogens (tertiary/aromatic N) is 23. The Bertz CT molecular complexity index is 6870. The Hall–Kier alpha value is -13.8. The molecule has 0 spiro atoms. The average Bonchev–Trinajstić information content (AvgIpc) is 1.66. The van der Waals surface area contributed by atoms with Crippen molar-refractivity contribution in [3.8, 4) is 62.6 Å². The highest BCUT2D eigenvalue weighted by molar-refractivity contribution is 7.23. The van der Waals surface area contributed by atoms with Crippen molar-refractivity contribution in [3.63, 3.8) is 0 Å². The summed E-state index contributed by atoms with van der Waals surface area (Å²) in [4.78, 5) is 45.0. The van der Waals surface area contributed by atoms with Gasteiger partial charge in [0.1, 0.15) is 95.5 Å². The Morgan fingerprint density at radius 3 is 1.64 bits per heavy atom. The summed E-state index contributed by atoms with van der Waals surface area (Å²) in [7, 11) is 2.10. The number of aryl methyl sites for hydroxylation is 1. The lowest BCUT2D eigenvalue weighted by molar-refractivity contribution is -0.621. The summed E-state index contributed by atoms with van der Waals surface area (Å²) in [6.07, 6.45) is 42.6. The highest BCUT2D eigenvalue weighted by atomic mass is 32.1. The number of fused-ring (bicyclic) bond motifs is 35. The Labute approximate surface area is 579 Å². The molecule has 0 amide bonds. The molecule has 5 aliphatic heterocycles. The first-order valence-corrected chi connectivity index (χ1v) is 34.2. The van der Waals surface area contributed by atoms with Gasteiger partial charge in [-0.1, -0.05) is 48.5 Å². The van der Waals surface area contributed by atoms with E-state index in [2.05, 4.69) is 221 Å². The second-order valence-electron chi connectivity index (χ2n) is 25.8. The van der Waals surface area contributed by atoms with Gasteiger partial charge in [-0.25, -0.2) is 27.2 Å². The first-order valence-electron chi connectivity index (χ1n) is 33.4. The molecule has 0 unspecified atom stereocenters. The highest BCUT2D eigenvalue weighted by Gasteiger charge is 2.38. The Balaban J connectivity index is 0.0000000809. The first-order chi connectivity index (χ1) is 50.5. The number of imidazole rings is 8. The molecule has 0 saturated carbocycles. The molecule has 0 saturated heterocycles. The van der Waals surface area contributed by atoms with Crippen LogP contribution in [0.2, 0.25) is 0 Å². The van der Waals surface area contributed by atoms with Crippen LogP contribution in [0, 0.1) is 0 Å². The predicted octanol–water partition coefficient (Wildman–Crippen LogP) is 9.88. The van der Waals surface area contributed by atoms with Crippen molar-refractivity contribution in [1.29, 1.82) is 0 Å². The molecule has 1 aromatic carbocycles. The molecule has 0 bridgehead atoms. The van der Waals surface area contributed by atoms with E-state index < -0.39 is 0 Å². The predicted molar refractivity (Wildman–Crippen MR) is 378 cm³/mol. The molecule has 484 valence electrons. The molecule has 20 aromatic heterocycles. The Morgan fingerprint density at radius 2 is 0.931 bits per heavy atom. The smallest absolute Gasteiger partial charge is 0.387 e. The van der Waals surface area contributed by atoms with Crippen LogP contribution in [-0.2, 0) is 39.8 Å². The minimum absolute atomic E-state index is 0.808. The summed E-state index contributed by atoms with van der Waals surface area (Å²) in [6, 6.07) is 39.2. The molecule has 25 heterocycles. The number of rotatable bonds is 1. The lowest BCUT2D eigenvalue weighted by Crippen LogP contribution is -2.29. The van der Waals surface area contributed by atoms with Crippen molar-refractivity contribution in [2.24, 2.45) is 7.05 Å². The van der Waals surface area contributed by atoms with E-state index >= 15 is 0 Å². The maximum atomic E-state index is 5.92. The van der Waals surface area contributed by atoms with E-state index in [1.165, 1.54) is 71.4 Å². The molecular formula is C77H54N23OS+5. The van der Waals surface area contributed by atoms with Crippen LogP contribution >= 0.6 is 11.3 Å². The summed E-state index contributed by atoms with van der Waals surface area (Å²) in [6.45, 7) is 4.32. The van der Waals surface area contributed by atoms with Crippen molar-refractivity contribution in [1.82, 2.24) is 86.0 Å². The lowest BCUT2D eigenvalue weighted by atomic mass is 10.2. The maximum absolute atomic E-state index is 5.92. The monoisotopic (exact) mass is 1350 g/mol. The molecule has 24 nitrogen and oxygen atoms in total. The normalized spacial score (nSPS) is 13.0. The van der Waals surface area contributed by atoms with Gasteiger partial charge in [-0.2, -0.15) is 31.1 Å². The number of benzene rings is 1. The van der Waals surface area contributed by atoms with Gasteiger partial charge in [0.15, 0.2) is 61.6 Å². The van der Waals surface area contributed by atoms with Gasteiger partial charge in [0.05, 0.1) is 74.8 Å². The molecule has 25 heteroatoms. The summed E-state index contributed by atoms with van der Waals surface area (Å²) >= 11 is 1.80. The third kappa shape index (κ3) is 8.20. The van der Waals surface area contributed by atoms with E-state index in [1.54, 1.807) is 17.5 Å². The molecule has 26 rings (SSSR count). The largest absolute Gasteiger partial charge is 0.468 e. The molecule has 0 radical (unpaired) electrons. The van der Waals surface area contributed by atoms with Crippen molar-refractivity contribution in [2.75, 3.05) is 0 Å². The van der Waals surface area contributed by atoms with Gasteiger partial charge in [0.2, 0.25) is 0 Å². The van der Waals surface area contributed by atoms with Gasteiger partial charge in [0.25, 0.3) is 0 Å². The quantitative estimate of drug-likeness (QED) is 0.142. The number of hydrogen-bond donors (Lipinski definition) is 0. The van der Waals surface area contributed by atoms with Gasteiger partial charge in [-0.05, 0) is 72.0 Å². The number of pyridine rings is 9. The van der Waals surface area contributed by atoms with Crippen molar-refractivity contribution in [2.45, 2.75) is 32.7 Å². The highest BCUT2D eigenvalue weighted by Crippen LogP contribution is 2.38. The zero-order valence-corrected chi connectivity index (χ0v) is 55.1. The second kappa shape index (κ2) is 21.6. The average molecular weight is 1350 g/mol. The summed E-state index contributed by atoms with van der Waals surface area (Å²) < 4.78 is 36.1. The minimum Gasteiger partial charge on any atom is -0.387 e. The SMILES string of the molecule is C[n+]1c2ccncc2n2cc3n(c21)Cc1cccnc1-3.c1ccc(-n2c3ccncc3[n+]3cc4n(c23)Cc2cccnc2-4)cc1.c1cnc2c(c1)Cn1c-2c[n+]2c3cnccc3oc12.c1cnc2c(c1)Cn1c-2c[n+]2c3cnccc3sc12.c1cnc2c(c1)Cn1c-2c[n+]2cc3cnccn3c12. The second-order valence-corrected chi connectivity index (χ2v) is 26.8. The van der Waals surface area contributed by atoms with Crippen LogP contribution in [0.25, 0.3) is 140 Å². The van der Waals surface area contributed by atoms with Crippen LogP contribution in [0.3, 0.4) is 0 Å². The molecule has 5 aliphatic rings. The van der Waals surface area contributed by atoms with Gasteiger partial charge < -0.3 is 4.42 Å². The van der Waals surface area contributed by atoms with Gasteiger partial charge in [-0.15, -0.1) is 0 Å². The molecule has 0 aliphatic carbocycles. The maximum Gasteiger partial charge on any atom is 0.468 e. The van der Waals surface area contributed by atoms with Gasteiger partial charge >= 0.3 is 28.1 Å². The van der Waals surface area contributed by atoms with Crippen molar-refractivity contribution < 1.29 is 26.6 Å². The topological polar surface area (TPSA) is 201 Å². The first kappa shape index (κ1) is 56.2. The van der Waals surface area contributed by atoms with Crippen LogP contribution in [0.5, 0.6) is 0 Å². The summed E-state index contributed by atoms with van der Waals surface area (Å²) in [5, 5.41) is 0. The van der Waals surface area contributed by atoms with Crippen molar-refractivity contribution >= 4 is 88.4 Å². The standard InChI is InChI=1S/C20H14N5.C15H12N5.C14H10N5.C14H9N4O.C14H9N4S/c1-2-6-15(7-3-1)25-16-8-10-21-11-17(16)24-13-18-19-14(5-4-9-22-19)12-23(18)20(24)25;1-18-11-4-6-16-7-12(11)20-9-13-14-10(3-2-5-17-14)8-19(13)15(18)20;1-2-10-7-19-12(13(10)16-3-1)9-17-8-11-6-15-4-5-18(11)14(17)19;2*1-2-9-7-17-11(13(9)16-4-1)8-18-10-6-15-5-3-12(10)19-14(17)18/h1-11,13H,12H2;2-7,9H,8H2,1H3;1-6,8-9H,7H2;2*1-6,8H,7H2/q5*+1. The molecule has 0 fully saturated rings. The van der Waals surface area contributed by atoms with Crippen LogP contribution in [0.15, 0.2) is 256 Å². The van der Waals surface area contributed by atoms with Crippen LogP contribution in [0.1, 0.15) is 27.8 Å². The van der Waals surface area contributed by atoms with E-state index in [4.69, 9.17) is 4.42 Å². The molecular weight excluding hydrogens is 1300 g/mol. The molecule has 21 aromatic rings. The number of aromatic nitrogens is 23. The fourth-order valence-electron chi connectivity index (χ4n) is 15.7. The lowest BCUT2D eigenvalue weighted by Gasteiger charge is -2.01.